The summed E-state index contributed by atoms with van der Waals surface area (Å²) in [5.41, 5.74) is 0.837. The number of methoxy groups -OCH3 is 1. The molecule has 0 fully saturated rings. The first-order chi connectivity index (χ1) is 14.1. The molecule has 160 valence electrons. The summed E-state index contributed by atoms with van der Waals surface area (Å²) in [4.78, 5) is 31.1. The molecular weight excluding hydrogens is 428 g/mol. The molecule has 0 saturated carbocycles. The Morgan fingerprint density at radius 1 is 1.30 bits per heavy atom. The van der Waals surface area contributed by atoms with Crippen molar-refractivity contribution in [3.8, 4) is 5.75 Å². The van der Waals surface area contributed by atoms with Crippen LogP contribution in [0.2, 0.25) is 0 Å². The van der Waals surface area contributed by atoms with E-state index in [-0.39, 0.29) is 28.4 Å². The van der Waals surface area contributed by atoms with E-state index in [1.165, 1.54) is 61.6 Å². The van der Waals surface area contributed by atoms with Gasteiger partial charge < -0.3 is 10.1 Å². The number of aryl methyl sites for hydroxylation is 2. The lowest BCUT2D eigenvalue weighted by Gasteiger charge is -2.16. The Labute approximate surface area is 178 Å². The molecule has 3 aromatic rings. The fourth-order valence-electron chi connectivity index (χ4n) is 2.89. The summed E-state index contributed by atoms with van der Waals surface area (Å²) in [6.45, 7) is 3.52. The Kier molecular flexibility index (Phi) is 5.97. The predicted octanol–water partition coefficient (Wildman–Crippen LogP) is 1.97. The lowest BCUT2D eigenvalue weighted by atomic mass is 10.2. The van der Waals surface area contributed by atoms with Crippen molar-refractivity contribution in [2.75, 3.05) is 26.5 Å². The quantitative estimate of drug-likeness (QED) is 0.615. The molecule has 11 heteroatoms. The number of ether oxygens (including phenoxy) is 1. The number of fused-ring (bicyclic) bond motifs is 1. The maximum atomic E-state index is 12.7. The zero-order valence-corrected chi connectivity index (χ0v) is 18.8. The van der Waals surface area contributed by atoms with Crippen LogP contribution in [-0.4, -0.2) is 49.4 Å². The van der Waals surface area contributed by atoms with Crippen LogP contribution in [-0.2, 0) is 21.4 Å². The lowest BCUT2D eigenvalue weighted by molar-refractivity contribution is -0.116. The van der Waals surface area contributed by atoms with Crippen LogP contribution in [0.3, 0.4) is 0 Å². The van der Waals surface area contributed by atoms with Gasteiger partial charge in [0.2, 0.25) is 15.9 Å². The van der Waals surface area contributed by atoms with Crippen molar-refractivity contribution in [2.24, 2.45) is 0 Å². The van der Waals surface area contributed by atoms with E-state index >= 15 is 0 Å². The van der Waals surface area contributed by atoms with E-state index in [2.05, 4.69) is 10.3 Å². The van der Waals surface area contributed by atoms with Crippen molar-refractivity contribution in [2.45, 2.75) is 25.3 Å². The van der Waals surface area contributed by atoms with E-state index in [0.717, 1.165) is 14.7 Å². The van der Waals surface area contributed by atoms with Gasteiger partial charge in [-0.3, -0.25) is 14.2 Å². The summed E-state index contributed by atoms with van der Waals surface area (Å²) >= 11 is 1.44. The number of anilines is 1. The number of carbonyl (C=O) groups is 1. The first-order valence-corrected chi connectivity index (χ1v) is 11.2. The van der Waals surface area contributed by atoms with E-state index < -0.39 is 15.9 Å². The number of benzene rings is 1. The number of hydrogen-bond acceptors (Lipinski definition) is 7. The van der Waals surface area contributed by atoms with Crippen molar-refractivity contribution >= 4 is 43.2 Å². The van der Waals surface area contributed by atoms with Crippen molar-refractivity contribution in [3.05, 3.63) is 45.3 Å². The third-order valence-corrected chi connectivity index (χ3v) is 7.63. The number of thiophene rings is 1. The minimum atomic E-state index is -3.78. The van der Waals surface area contributed by atoms with E-state index in [9.17, 15) is 18.0 Å². The first-order valence-electron chi connectivity index (χ1n) is 8.91. The van der Waals surface area contributed by atoms with Gasteiger partial charge in [0.25, 0.3) is 5.56 Å². The minimum Gasteiger partial charge on any atom is -0.495 e. The zero-order valence-electron chi connectivity index (χ0n) is 17.2. The number of amides is 1. The first kappa shape index (κ1) is 21.9. The number of aromatic nitrogens is 2. The molecule has 2 aromatic heterocycles. The fourth-order valence-corrected chi connectivity index (χ4v) is 4.95. The SMILES string of the molecule is COc1ccc(NC(=O)Cn2cnc3sc(C)c(C)c3c2=O)cc1S(=O)(=O)N(C)C. The average molecular weight is 451 g/mol. The van der Waals surface area contributed by atoms with Gasteiger partial charge in [-0.25, -0.2) is 17.7 Å². The van der Waals surface area contributed by atoms with Gasteiger partial charge in [-0.2, -0.15) is 0 Å². The third-order valence-electron chi connectivity index (χ3n) is 4.68. The molecule has 2 heterocycles. The molecule has 0 bridgehead atoms. The van der Waals surface area contributed by atoms with Crippen LogP contribution >= 0.6 is 11.3 Å². The standard InChI is InChI=1S/C19H22N4O5S2/c1-11-12(2)29-18-17(11)19(25)23(10-20-18)9-16(24)21-13-6-7-14(28-5)15(8-13)30(26,27)22(3)4/h6-8,10H,9H2,1-5H3,(H,21,24). The van der Waals surface area contributed by atoms with Gasteiger partial charge in [0, 0.05) is 24.7 Å². The molecule has 0 aliphatic carbocycles. The molecule has 3 rings (SSSR count). The van der Waals surface area contributed by atoms with Crippen molar-refractivity contribution in [1.29, 1.82) is 0 Å². The van der Waals surface area contributed by atoms with Gasteiger partial charge >= 0.3 is 0 Å². The lowest BCUT2D eigenvalue weighted by Crippen LogP contribution is -2.28. The van der Waals surface area contributed by atoms with E-state index in [1.54, 1.807) is 0 Å². The Bertz CT molecular complexity index is 1290. The summed E-state index contributed by atoms with van der Waals surface area (Å²) in [7, 11) is 0.403. The van der Waals surface area contributed by atoms with Gasteiger partial charge in [0.1, 0.15) is 22.0 Å². The average Bonchev–Trinajstić information content (AvgIpc) is 2.98. The highest BCUT2D eigenvalue weighted by atomic mass is 32.2. The number of hydrogen-bond donors (Lipinski definition) is 1. The Hall–Kier alpha value is -2.76. The Balaban J connectivity index is 1.89. The fraction of sp³-hybridized carbons (Fsp3) is 0.316. The van der Waals surface area contributed by atoms with Crippen LogP contribution < -0.4 is 15.6 Å². The molecule has 1 amide bonds. The monoisotopic (exact) mass is 450 g/mol. The van der Waals surface area contributed by atoms with Crippen molar-refractivity contribution < 1.29 is 17.9 Å². The van der Waals surface area contributed by atoms with Crippen LogP contribution in [0, 0.1) is 13.8 Å². The topological polar surface area (TPSA) is 111 Å². The van der Waals surface area contributed by atoms with Gasteiger partial charge in [-0.05, 0) is 37.6 Å². The molecule has 0 saturated heterocycles. The molecule has 0 radical (unpaired) electrons. The molecule has 0 aliphatic heterocycles. The number of nitrogens with zero attached hydrogens (tertiary/aromatic N) is 3. The van der Waals surface area contributed by atoms with E-state index in [4.69, 9.17) is 4.74 Å². The summed E-state index contributed by atoms with van der Waals surface area (Å²) < 4.78 is 32.5. The number of carbonyl (C=O) groups excluding carboxylic acids is 1. The van der Waals surface area contributed by atoms with Crippen LogP contribution in [0.5, 0.6) is 5.75 Å². The normalized spacial score (nSPS) is 11.8. The highest BCUT2D eigenvalue weighted by molar-refractivity contribution is 7.89. The molecule has 9 nitrogen and oxygen atoms in total. The molecule has 0 atom stereocenters. The second kappa shape index (κ2) is 8.17. The highest BCUT2D eigenvalue weighted by Crippen LogP contribution is 2.29. The smallest absolute Gasteiger partial charge is 0.262 e. The maximum absolute atomic E-state index is 12.7. The molecular formula is C19H22N4O5S2. The van der Waals surface area contributed by atoms with E-state index in [1.807, 2.05) is 13.8 Å². The van der Waals surface area contributed by atoms with Gasteiger partial charge in [0.05, 0.1) is 18.8 Å². The second-order valence-electron chi connectivity index (χ2n) is 6.84. The Morgan fingerprint density at radius 3 is 2.63 bits per heavy atom. The minimum absolute atomic E-state index is 0.0718. The van der Waals surface area contributed by atoms with Crippen molar-refractivity contribution in [1.82, 2.24) is 13.9 Å². The largest absolute Gasteiger partial charge is 0.495 e. The predicted molar refractivity (Wildman–Crippen MR) is 116 cm³/mol. The molecule has 30 heavy (non-hydrogen) atoms. The molecule has 1 aromatic carbocycles. The summed E-state index contributed by atoms with van der Waals surface area (Å²) in [6.07, 6.45) is 1.34. The van der Waals surface area contributed by atoms with E-state index in [0.29, 0.717) is 10.2 Å². The zero-order chi connectivity index (χ0) is 22.2. The van der Waals surface area contributed by atoms with Gasteiger partial charge in [-0.15, -0.1) is 11.3 Å². The van der Waals surface area contributed by atoms with Gasteiger partial charge in [0.15, 0.2) is 0 Å². The number of sulfonamides is 1. The third kappa shape index (κ3) is 3.95. The molecule has 0 unspecified atom stereocenters. The second-order valence-corrected chi connectivity index (χ2v) is 10.2. The summed E-state index contributed by atoms with van der Waals surface area (Å²) in [5, 5.41) is 3.14. The van der Waals surface area contributed by atoms with Crippen LogP contribution in [0.25, 0.3) is 10.2 Å². The molecule has 0 spiro atoms. The highest BCUT2D eigenvalue weighted by Gasteiger charge is 2.23. The van der Waals surface area contributed by atoms with Gasteiger partial charge in [-0.1, -0.05) is 0 Å². The Morgan fingerprint density at radius 2 is 2.00 bits per heavy atom. The van der Waals surface area contributed by atoms with Crippen LogP contribution in [0.1, 0.15) is 10.4 Å². The number of rotatable bonds is 6. The molecule has 0 aliphatic rings. The van der Waals surface area contributed by atoms with Crippen LogP contribution in [0.4, 0.5) is 5.69 Å². The molecule has 1 N–H and O–H groups in total. The maximum Gasteiger partial charge on any atom is 0.262 e. The van der Waals surface area contributed by atoms with Crippen molar-refractivity contribution in [3.63, 3.8) is 0 Å². The summed E-state index contributed by atoms with van der Waals surface area (Å²) in [5.74, 6) is -0.322. The number of nitrogens with one attached hydrogen (secondary N) is 1. The van der Waals surface area contributed by atoms with Crippen LogP contribution in [0.15, 0.2) is 34.2 Å². The summed E-state index contributed by atoms with van der Waals surface area (Å²) in [6, 6.07) is 4.31.